The van der Waals surface area contributed by atoms with Crippen LogP contribution in [-0.4, -0.2) is 11.7 Å². The van der Waals surface area contributed by atoms with Crippen LogP contribution in [0.4, 0.5) is 5.69 Å². The molecule has 17 heavy (non-hydrogen) atoms. The highest BCUT2D eigenvalue weighted by atomic mass is 16.1. The highest BCUT2D eigenvalue weighted by Gasteiger charge is 2.08. The molecule has 0 aromatic heterocycles. The second-order valence-electron chi connectivity index (χ2n) is 4.40. The number of carbonyl (C=O) groups is 2. The summed E-state index contributed by atoms with van der Waals surface area (Å²) < 4.78 is 0. The lowest BCUT2D eigenvalue weighted by atomic mass is 10.0. The van der Waals surface area contributed by atoms with E-state index in [1.165, 1.54) is 6.92 Å². The average Bonchev–Trinajstić information content (AvgIpc) is 2.28. The third kappa shape index (κ3) is 4.39. The van der Waals surface area contributed by atoms with Crippen LogP contribution in [0.15, 0.2) is 24.3 Å². The number of hydrogen-bond acceptors (Lipinski definition) is 2. The van der Waals surface area contributed by atoms with Gasteiger partial charge in [-0.1, -0.05) is 32.4 Å². The molecule has 0 radical (unpaired) electrons. The van der Waals surface area contributed by atoms with E-state index in [1.807, 2.05) is 6.92 Å². The first kappa shape index (κ1) is 13.4. The SMILES string of the molecule is CCC(C)CC(=O)Nc1cccc(C(C)=O)c1. The minimum Gasteiger partial charge on any atom is -0.326 e. The number of nitrogens with one attached hydrogen (secondary N) is 1. The van der Waals surface area contributed by atoms with Crippen LogP contribution in [0.2, 0.25) is 0 Å². The molecule has 1 atom stereocenters. The van der Waals surface area contributed by atoms with Gasteiger partial charge >= 0.3 is 0 Å². The lowest BCUT2D eigenvalue weighted by Gasteiger charge is -2.09. The normalized spacial score (nSPS) is 11.9. The van der Waals surface area contributed by atoms with Gasteiger partial charge in [-0.3, -0.25) is 9.59 Å². The van der Waals surface area contributed by atoms with Gasteiger partial charge in [0.25, 0.3) is 0 Å². The Morgan fingerprint density at radius 3 is 2.65 bits per heavy atom. The Balaban J connectivity index is 2.65. The monoisotopic (exact) mass is 233 g/mol. The maximum Gasteiger partial charge on any atom is 0.224 e. The Morgan fingerprint density at radius 2 is 2.06 bits per heavy atom. The van der Waals surface area contributed by atoms with Gasteiger partial charge in [0.2, 0.25) is 5.91 Å². The summed E-state index contributed by atoms with van der Waals surface area (Å²) in [5.41, 5.74) is 1.30. The molecule has 0 aliphatic heterocycles. The molecule has 1 N–H and O–H groups in total. The number of benzene rings is 1. The summed E-state index contributed by atoms with van der Waals surface area (Å²) in [6, 6.07) is 7.01. The van der Waals surface area contributed by atoms with E-state index in [0.29, 0.717) is 23.6 Å². The van der Waals surface area contributed by atoms with Crippen molar-refractivity contribution in [3.05, 3.63) is 29.8 Å². The fourth-order valence-corrected chi connectivity index (χ4v) is 1.49. The molecule has 0 heterocycles. The number of ketones is 1. The molecular formula is C14H19NO2. The molecule has 1 amide bonds. The van der Waals surface area contributed by atoms with Gasteiger partial charge in [-0.05, 0) is 25.0 Å². The van der Waals surface area contributed by atoms with Crippen LogP contribution >= 0.6 is 0 Å². The van der Waals surface area contributed by atoms with Gasteiger partial charge in [0, 0.05) is 17.7 Å². The van der Waals surface area contributed by atoms with Crippen LogP contribution in [0.3, 0.4) is 0 Å². The minimum atomic E-state index is 0.0000482. The quantitative estimate of drug-likeness (QED) is 0.793. The van der Waals surface area contributed by atoms with Crippen molar-refractivity contribution in [3.63, 3.8) is 0 Å². The Hall–Kier alpha value is -1.64. The molecule has 1 aromatic carbocycles. The second kappa shape index (κ2) is 6.18. The van der Waals surface area contributed by atoms with E-state index in [9.17, 15) is 9.59 Å². The van der Waals surface area contributed by atoms with Crippen molar-refractivity contribution >= 4 is 17.4 Å². The molecular weight excluding hydrogens is 214 g/mol. The molecule has 0 saturated carbocycles. The van der Waals surface area contributed by atoms with Crippen LogP contribution in [-0.2, 0) is 4.79 Å². The van der Waals surface area contributed by atoms with Crippen LogP contribution in [0.1, 0.15) is 44.0 Å². The summed E-state index contributed by atoms with van der Waals surface area (Å²) in [5, 5.41) is 2.81. The van der Waals surface area contributed by atoms with E-state index in [1.54, 1.807) is 24.3 Å². The Kier molecular flexibility index (Phi) is 4.88. The molecule has 0 saturated heterocycles. The molecule has 1 aromatic rings. The fraction of sp³-hybridized carbons (Fsp3) is 0.429. The van der Waals surface area contributed by atoms with Crippen LogP contribution in [0.25, 0.3) is 0 Å². The average molecular weight is 233 g/mol. The van der Waals surface area contributed by atoms with Crippen molar-refractivity contribution in [3.8, 4) is 0 Å². The van der Waals surface area contributed by atoms with Crippen molar-refractivity contribution in [1.82, 2.24) is 0 Å². The van der Waals surface area contributed by atoms with Crippen LogP contribution in [0, 0.1) is 5.92 Å². The highest BCUT2D eigenvalue weighted by molar-refractivity contribution is 5.97. The van der Waals surface area contributed by atoms with Gasteiger partial charge in [-0.25, -0.2) is 0 Å². The zero-order chi connectivity index (χ0) is 12.8. The number of hydrogen-bond donors (Lipinski definition) is 1. The van der Waals surface area contributed by atoms with Crippen LogP contribution in [0.5, 0.6) is 0 Å². The summed E-state index contributed by atoms with van der Waals surface area (Å²) in [6.45, 7) is 5.62. The third-order valence-electron chi connectivity index (χ3n) is 2.78. The largest absolute Gasteiger partial charge is 0.326 e. The van der Waals surface area contributed by atoms with Gasteiger partial charge in [0.05, 0.1) is 0 Å². The topological polar surface area (TPSA) is 46.2 Å². The fourth-order valence-electron chi connectivity index (χ4n) is 1.49. The van der Waals surface area contributed by atoms with E-state index < -0.39 is 0 Å². The van der Waals surface area contributed by atoms with E-state index in [4.69, 9.17) is 0 Å². The summed E-state index contributed by atoms with van der Waals surface area (Å²) in [4.78, 5) is 22.9. The lowest BCUT2D eigenvalue weighted by Crippen LogP contribution is -2.15. The van der Waals surface area contributed by atoms with Crippen molar-refractivity contribution in [2.75, 3.05) is 5.32 Å². The molecule has 0 aliphatic rings. The molecule has 3 heteroatoms. The van der Waals surface area contributed by atoms with Gasteiger partial charge < -0.3 is 5.32 Å². The lowest BCUT2D eigenvalue weighted by molar-refractivity contribution is -0.117. The Morgan fingerprint density at radius 1 is 1.35 bits per heavy atom. The molecule has 0 bridgehead atoms. The number of rotatable bonds is 5. The Labute approximate surface area is 102 Å². The zero-order valence-electron chi connectivity index (χ0n) is 10.6. The number of amides is 1. The predicted octanol–water partition coefficient (Wildman–Crippen LogP) is 3.26. The molecule has 0 aliphatic carbocycles. The van der Waals surface area contributed by atoms with E-state index in [0.717, 1.165) is 6.42 Å². The molecule has 3 nitrogen and oxygen atoms in total. The van der Waals surface area contributed by atoms with E-state index >= 15 is 0 Å². The summed E-state index contributed by atoms with van der Waals surface area (Å²) in [7, 11) is 0. The maximum absolute atomic E-state index is 11.7. The third-order valence-corrected chi connectivity index (χ3v) is 2.78. The first-order valence-corrected chi connectivity index (χ1v) is 5.93. The maximum atomic E-state index is 11.7. The predicted molar refractivity (Wildman–Crippen MR) is 69.1 cm³/mol. The smallest absolute Gasteiger partial charge is 0.224 e. The molecule has 0 fully saturated rings. The molecule has 1 rings (SSSR count). The number of carbonyl (C=O) groups excluding carboxylic acids is 2. The second-order valence-corrected chi connectivity index (χ2v) is 4.40. The summed E-state index contributed by atoms with van der Waals surface area (Å²) in [6.07, 6.45) is 1.50. The molecule has 92 valence electrons. The summed E-state index contributed by atoms with van der Waals surface area (Å²) in [5.74, 6) is 0.383. The van der Waals surface area contributed by atoms with Crippen molar-refractivity contribution in [1.29, 1.82) is 0 Å². The standard InChI is InChI=1S/C14H19NO2/c1-4-10(2)8-14(17)15-13-7-5-6-12(9-13)11(3)16/h5-7,9-10H,4,8H2,1-3H3,(H,15,17). The first-order valence-electron chi connectivity index (χ1n) is 5.93. The number of Topliss-reactive ketones (excluding diaryl/α,β-unsaturated/α-hetero) is 1. The molecule has 0 spiro atoms. The first-order chi connectivity index (χ1) is 8.02. The van der Waals surface area contributed by atoms with Gasteiger partial charge in [-0.15, -0.1) is 0 Å². The van der Waals surface area contributed by atoms with Crippen LogP contribution < -0.4 is 5.32 Å². The van der Waals surface area contributed by atoms with Gasteiger partial charge in [0.15, 0.2) is 5.78 Å². The van der Waals surface area contributed by atoms with E-state index in [2.05, 4.69) is 12.2 Å². The molecule has 1 unspecified atom stereocenters. The number of anilines is 1. The van der Waals surface area contributed by atoms with Gasteiger partial charge in [-0.2, -0.15) is 0 Å². The Bertz CT molecular complexity index is 412. The summed E-state index contributed by atoms with van der Waals surface area (Å²) >= 11 is 0. The highest BCUT2D eigenvalue weighted by Crippen LogP contribution is 2.13. The van der Waals surface area contributed by atoms with Gasteiger partial charge in [0.1, 0.15) is 0 Å². The zero-order valence-corrected chi connectivity index (χ0v) is 10.6. The minimum absolute atomic E-state index is 0.0000482. The van der Waals surface area contributed by atoms with Crippen molar-refractivity contribution in [2.45, 2.75) is 33.6 Å². The van der Waals surface area contributed by atoms with Crippen molar-refractivity contribution in [2.24, 2.45) is 5.92 Å². The van der Waals surface area contributed by atoms with Crippen molar-refractivity contribution < 1.29 is 9.59 Å². The van der Waals surface area contributed by atoms with E-state index in [-0.39, 0.29) is 11.7 Å².